The fraction of sp³-hybridized carbons (Fsp3) is 1.00. The topological polar surface area (TPSA) is 15.3 Å². The van der Waals surface area contributed by atoms with Gasteiger partial charge in [0.2, 0.25) is 0 Å². The number of piperidine rings is 1. The number of nitrogens with one attached hydrogen (secondary N) is 1. The van der Waals surface area contributed by atoms with Crippen molar-refractivity contribution in [1.82, 2.24) is 10.2 Å². The summed E-state index contributed by atoms with van der Waals surface area (Å²) in [4.78, 5) is 1.66. The van der Waals surface area contributed by atoms with Crippen molar-refractivity contribution in [3.05, 3.63) is 0 Å². The summed E-state index contributed by atoms with van der Waals surface area (Å²) < 4.78 is 37.5. The summed E-state index contributed by atoms with van der Waals surface area (Å²) in [5.41, 5.74) is -0.242. The van der Waals surface area contributed by atoms with Crippen molar-refractivity contribution in [1.29, 1.82) is 0 Å². The molecule has 2 aliphatic rings. The van der Waals surface area contributed by atoms with Crippen LogP contribution in [0.1, 0.15) is 32.6 Å². The third kappa shape index (κ3) is 2.20. The SMILES string of the molecule is CC1NCCCC12CCCN2CC(F)(F)F. The van der Waals surface area contributed by atoms with Crippen LogP contribution in [0.5, 0.6) is 0 Å². The molecule has 2 atom stereocenters. The lowest BCUT2D eigenvalue weighted by atomic mass is 9.81. The molecular weight excluding hydrogens is 217 g/mol. The van der Waals surface area contributed by atoms with Crippen LogP contribution >= 0.6 is 0 Å². The second kappa shape index (κ2) is 4.18. The van der Waals surface area contributed by atoms with Gasteiger partial charge in [0, 0.05) is 11.6 Å². The molecule has 1 spiro atoms. The molecule has 2 aliphatic heterocycles. The Hall–Kier alpha value is -0.290. The second-order valence-corrected chi connectivity index (χ2v) is 5.02. The van der Waals surface area contributed by atoms with E-state index in [9.17, 15) is 13.2 Å². The molecule has 0 aromatic rings. The number of alkyl halides is 3. The minimum atomic E-state index is -4.07. The van der Waals surface area contributed by atoms with Gasteiger partial charge in [0.15, 0.2) is 0 Å². The van der Waals surface area contributed by atoms with Crippen LogP contribution in [-0.2, 0) is 0 Å². The van der Waals surface area contributed by atoms with Crippen LogP contribution in [0.25, 0.3) is 0 Å². The van der Waals surface area contributed by atoms with Crippen LogP contribution in [0, 0.1) is 0 Å². The summed E-state index contributed by atoms with van der Waals surface area (Å²) in [5, 5.41) is 3.32. The quantitative estimate of drug-likeness (QED) is 0.750. The Morgan fingerprint density at radius 3 is 2.62 bits per heavy atom. The molecule has 2 heterocycles. The van der Waals surface area contributed by atoms with Gasteiger partial charge in [-0.3, -0.25) is 4.90 Å². The van der Waals surface area contributed by atoms with Gasteiger partial charge in [0.25, 0.3) is 0 Å². The van der Waals surface area contributed by atoms with E-state index in [4.69, 9.17) is 0 Å². The van der Waals surface area contributed by atoms with Crippen LogP contribution in [0.4, 0.5) is 13.2 Å². The van der Waals surface area contributed by atoms with E-state index in [1.165, 1.54) is 0 Å². The zero-order chi connectivity index (χ0) is 11.8. The first-order valence-corrected chi connectivity index (χ1v) is 5.99. The first kappa shape index (κ1) is 12.2. The zero-order valence-corrected chi connectivity index (χ0v) is 9.61. The Balaban J connectivity index is 2.12. The molecule has 0 aromatic heterocycles. The van der Waals surface area contributed by atoms with E-state index in [1.54, 1.807) is 4.90 Å². The summed E-state index contributed by atoms with van der Waals surface area (Å²) >= 11 is 0. The molecule has 2 rings (SSSR count). The predicted octanol–water partition coefficient (Wildman–Crippen LogP) is 2.16. The summed E-state index contributed by atoms with van der Waals surface area (Å²) in [7, 11) is 0. The number of likely N-dealkylation sites (tertiary alicyclic amines) is 1. The molecule has 1 N–H and O–H groups in total. The molecule has 2 saturated heterocycles. The maximum absolute atomic E-state index is 12.5. The number of halogens is 3. The molecule has 2 nitrogen and oxygen atoms in total. The van der Waals surface area contributed by atoms with Crippen LogP contribution in [0.3, 0.4) is 0 Å². The van der Waals surface area contributed by atoms with Crippen LogP contribution in [-0.4, -0.2) is 42.3 Å². The lowest BCUT2D eigenvalue weighted by Crippen LogP contribution is -2.61. The van der Waals surface area contributed by atoms with Crippen LogP contribution in [0.2, 0.25) is 0 Å². The summed E-state index contributed by atoms with van der Waals surface area (Å²) in [6, 6.07) is 0.172. The lowest BCUT2D eigenvalue weighted by Gasteiger charge is -2.47. The fourth-order valence-electron chi connectivity index (χ4n) is 3.30. The van der Waals surface area contributed by atoms with Gasteiger partial charge < -0.3 is 5.32 Å². The molecule has 0 aliphatic carbocycles. The van der Waals surface area contributed by atoms with Gasteiger partial charge in [0.05, 0.1) is 6.54 Å². The van der Waals surface area contributed by atoms with E-state index >= 15 is 0 Å². The largest absolute Gasteiger partial charge is 0.401 e. The zero-order valence-electron chi connectivity index (χ0n) is 9.61. The smallest absolute Gasteiger partial charge is 0.312 e. The first-order chi connectivity index (χ1) is 7.44. The second-order valence-electron chi connectivity index (χ2n) is 5.02. The Morgan fingerprint density at radius 2 is 2.00 bits per heavy atom. The van der Waals surface area contributed by atoms with Gasteiger partial charge in [-0.1, -0.05) is 0 Å². The minimum absolute atomic E-state index is 0.172. The lowest BCUT2D eigenvalue weighted by molar-refractivity contribution is -0.158. The molecule has 2 fully saturated rings. The highest BCUT2D eigenvalue weighted by Crippen LogP contribution is 2.39. The minimum Gasteiger partial charge on any atom is -0.312 e. The van der Waals surface area contributed by atoms with Gasteiger partial charge in [-0.25, -0.2) is 0 Å². The monoisotopic (exact) mass is 236 g/mol. The number of hydrogen-bond acceptors (Lipinski definition) is 2. The Morgan fingerprint density at radius 1 is 1.31 bits per heavy atom. The van der Waals surface area contributed by atoms with E-state index < -0.39 is 12.7 Å². The third-order valence-corrected chi connectivity index (χ3v) is 4.08. The van der Waals surface area contributed by atoms with Crippen molar-refractivity contribution in [3.8, 4) is 0 Å². The first-order valence-electron chi connectivity index (χ1n) is 5.99. The standard InChI is InChI=1S/C11H19F3N2/c1-9-10(4-2-6-15-9)5-3-7-16(10)8-11(12,13)14/h9,15H,2-8H2,1H3. The van der Waals surface area contributed by atoms with Gasteiger partial charge in [-0.15, -0.1) is 0 Å². The Labute approximate surface area is 94.2 Å². The summed E-state index contributed by atoms with van der Waals surface area (Å²) in [6.45, 7) is 2.79. The molecule has 0 saturated carbocycles. The molecule has 0 aromatic carbocycles. The molecule has 94 valence electrons. The maximum Gasteiger partial charge on any atom is 0.401 e. The van der Waals surface area contributed by atoms with Gasteiger partial charge >= 0.3 is 6.18 Å². The number of rotatable bonds is 1. The maximum atomic E-state index is 12.5. The van der Waals surface area contributed by atoms with Crippen molar-refractivity contribution in [2.45, 2.75) is 50.4 Å². The Kier molecular flexibility index (Phi) is 3.18. The van der Waals surface area contributed by atoms with Crippen molar-refractivity contribution < 1.29 is 13.2 Å². The Bertz CT molecular complexity index is 254. The average Bonchev–Trinajstić information content (AvgIpc) is 2.53. The summed E-state index contributed by atoms with van der Waals surface area (Å²) in [6.07, 6.45) is -0.399. The predicted molar refractivity (Wildman–Crippen MR) is 56.3 cm³/mol. The van der Waals surface area contributed by atoms with E-state index in [0.717, 1.165) is 32.2 Å². The van der Waals surface area contributed by atoms with Crippen LogP contribution < -0.4 is 5.32 Å². The van der Waals surface area contributed by atoms with Crippen molar-refractivity contribution in [2.75, 3.05) is 19.6 Å². The molecule has 2 unspecified atom stereocenters. The van der Waals surface area contributed by atoms with Crippen molar-refractivity contribution >= 4 is 0 Å². The molecule has 5 heteroatoms. The molecule has 0 amide bonds. The number of hydrogen-bond donors (Lipinski definition) is 1. The normalized spacial score (nSPS) is 37.1. The highest BCUT2D eigenvalue weighted by Gasteiger charge is 2.49. The highest BCUT2D eigenvalue weighted by molar-refractivity contribution is 5.05. The van der Waals surface area contributed by atoms with Gasteiger partial charge in [-0.05, 0) is 45.7 Å². The molecule has 0 bridgehead atoms. The van der Waals surface area contributed by atoms with E-state index in [0.29, 0.717) is 6.54 Å². The van der Waals surface area contributed by atoms with E-state index in [1.807, 2.05) is 6.92 Å². The van der Waals surface area contributed by atoms with E-state index in [-0.39, 0.29) is 11.6 Å². The van der Waals surface area contributed by atoms with Crippen molar-refractivity contribution in [2.24, 2.45) is 0 Å². The van der Waals surface area contributed by atoms with Crippen molar-refractivity contribution in [3.63, 3.8) is 0 Å². The summed E-state index contributed by atoms with van der Waals surface area (Å²) in [5.74, 6) is 0. The van der Waals surface area contributed by atoms with E-state index in [2.05, 4.69) is 5.32 Å². The van der Waals surface area contributed by atoms with Crippen LogP contribution in [0.15, 0.2) is 0 Å². The average molecular weight is 236 g/mol. The fourth-order valence-corrected chi connectivity index (χ4v) is 3.30. The highest BCUT2D eigenvalue weighted by atomic mass is 19.4. The molecule has 0 radical (unpaired) electrons. The van der Waals surface area contributed by atoms with Gasteiger partial charge in [0.1, 0.15) is 0 Å². The molecule has 16 heavy (non-hydrogen) atoms. The van der Waals surface area contributed by atoms with Gasteiger partial charge in [-0.2, -0.15) is 13.2 Å². The third-order valence-electron chi connectivity index (χ3n) is 4.08. The number of nitrogens with zero attached hydrogens (tertiary/aromatic N) is 1. The molecular formula is C11H19F3N2.